The number of benzene rings is 3. The second-order valence-corrected chi connectivity index (χ2v) is 29.7. The minimum absolute atomic E-state index is 0. The minimum Gasteiger partial charge on any atom is 0 e. The summed E-state index contributed by atoms with van der Waals surface area (Å²) in [5, 5.41) is 4.03. The summed E-state index contributed by atoms with van der Waals surface area (Å²) < 4.78 is 12.6. The number of fused-ring (bicyclic) bond motifs is 3. The van der Waals surface area contributed by atoms with E-state index in [4.69, 9.17) is 1.37 Å². The second-order valence-electron chi connectivity index (χ2n) is 13.0. The zero-order valence-electron chi connectivity index (χ0n) is 27.3. The van der Waals surface area contributed by atoms with E-state index in [9.17, 15) is 0 Å². The van der Waals surface area contributed by atoms with Crippen LogP contribution in [0.4, 0.5) is 0 Å². The van der Waals surface area contributed by atoms with Gasteiger partial charge in [-0.05, 0) is 10.9 Å². The van der Waals surface area contributed by atoms with E-state index in [-0.39, 0.29) is 20.1 Å². The summed E-state index contributed by atoms with van der Waals surface area (Å²) in [5.74, 6) is 6.72. The number of nitrogens with zero attached hydrogens (tertiary/aromatic N) is 2. The van der Waals surface area contributed by atoms with Gasteiger partial charge >= 0.3 is 164 Å². The molecular weight excluding hydrogens is 797 g/mol. The SMILES string of the molecule is C[Si](C)(C)c1ccc(-c2[c-]cccc2)nc1.[2H]C(C)(C)c1ccnc(-c2[c-]ccc3c2sc2[c]([Ge]([CH3])([CH3])[CH3])cccc23)c1.[Ir]. The van der Waals surface area contributed by atoms with Crippen molar-refractivity contribution in [3.8, 4) is 22.5 Å². The van der Waals surface area contributed by atoms with Gasteiger partial charge in [-0.2, -0.15) is 0 Å². The Morgan fingerprint density at radius 1 is 0.814 bits per heavy atom. The van der Waals surface area contributed by atoms with E-state index in [0.717, 1.165) is 28.1 Å². The normalized spacial score (nSPS) is 12.3. The summed E-state index contributed by atoms with van der Waals surface area (Å²) in [6, 6.07) is 33.8. The van der Waals surface area contributed by atoms with Crippen molar-refractivity contribution in [3.63, 3.8) is 0 Å². The fourth-order valence-electron chi connectivity index (χ4n) is 4.97. The topological polar surface area (TPSA) is 25.8 Å². The van der Waals surface area contributed by atoms with E-state index in [2.05, 4.69) is 95.4 Å². The van der Waals surface area contributed by atoms with E-state index < -0.39 is 27.2 Å². The van der Waals surface area contributed by atoms with Gasteiger partial charge in [0.15, 0.2) is 0 Å². The molecule has 0 spiro atoms. The van der Waals surface area contributed by atoms with Crippen LogP contribution in [0.25, 0.3) is 42.7 Å². The molecule has 3 aromatic heterocycles. The van der Waals surface area contributed by atoms with Crippen LogP contribution in [-0.2, 0) is 20.1 Å². The van der Waals surface area contributed by atoms with Gasteiger partial charge in [-0.15, -0.1) is 35.9 Å². The van der Waals surface area contributed by atoms with Crippen molar-refractivity contribution in [1.29, 1.82) is 0 Å². The number of aromatic nitrogens is 2. The monoisotopic (exact) mass is 840 g/mol. The Kier molecular flexibility index (Phi) is 10.2. The first kappa shape index (κ1) is 32.0. The van der Waals surface area contributed by atoms with Gasteiger partial charge in [0.25, 0.3) is 0 Å². The third-order valence-electron chi connectivity index (χ3n) is 7.47. The number of hydrogen-bond acceptors (Lipinski definition) is 3. The molecule has 0 aliphatic rings. The molecule has 0 aliphatic carbocycles. The molecule has 6 aromatic rings. The minimum atomic E-state index is -1.97. The molecule has 6 heteroatoms. The van der Waals surface area contributed by atoms with Gasteiger partial charge in [0.05, 0.1) is 8.07 Å². The van der Waals surface area contributed by atoms with E-state index in [1.807, 2.05) is 80.0 Å². The van der Waals surface area contributed by atoms with Gasteiger partial charge in [0.2, 0.25) is 0 Å². The zero-order valence-corrected chi connectivity index (χ0v) is 32.6. The van der Waals surface area contributed by atoms with Crippen LogP contribution in [-0.4, -0.2) is 31.3 Å². The summed E-state index contributed by atoms with van der Waals surface area (Å²) in [7, 11) is -1.23. The molecular formula is C37H40GeIrN2SSi-2. The Hall–Kier alpha value is -2.41. The van der Waals surface area contributed by atoms with Crippen LogP contribution in [0.5, 0.6) is 0 Å². The summed E-state index contributed by atoms with van der Waals surface area (Å²) in [6.07, 6.45) is 3.83. The van der Waals surface area contributed by atoms with E-state index in [1.165, 1.54) is 25.4 Å². The number of hydrogen-bond donors (Lipinski definition) is 0. The van der Waals surface area contributed by atoms with Crippen LogP contribution < -0.4 is 9.58 Å². The first-order valence-electron chi connectivity index (χ1n) is 15.0. The van der Waals surface area contributed by atoms with Crippen LogP contribution in [0.15, 0.2) is 91.3 Å². The van der Waals surface area contributed by atoms with Gasteiger partial charge in [-0.1, -0.05) is 31.8 Å². The molecule has 0 N–H and O–H groups in total. The first-order valence-corrected chi connectivity index (χ1v) is 26.2. The molecule has 1 radical (unpaired) electrons. The maximum absolute atomic E-state index is 8.35. The Labute approximate surface area is 280 Å². The van der Waals surface area contributed by atoms with Gasteiger partial charge in [0, 0.05) is 26.3 Å². The number of pyridine rings is 2. The average Bonchev–Trinajstić information content (AvgIpc) is 3.36. The Bertz CT molecular complexity index is 1870. The average molecular weight is 839 g/mol. The van der Waals surface area contributed by atoms with Crippen LogP contribution in [0.2, 0.25) is 36.9 Å². The smallest absolute Gasteiger partial charge is 0 e. The van der Waals surface area contributed by atoms with Gasteiger partial charge in [-0.3, -0.25) is 0 Å². The summed E-state index contributed by atoms with van der Waals surface area (Å²) in [5.41, 5.74) is 4.99. The Balaban J connectivity index is 0.000000223. The van der Waals surface area contributed by atoms with Crippen molar-refractivity contribution in [2.75, 3.05) is 0 Å². The van der Waals surface area contributed by atoms with Crippen molar-refractivity contribution in [3.05, 3.63) is 109 Å². The maximum atomic E-state index is 8.35. The summed E-state index contributed by atoms with van der Waals surface area (Å²) >= 11 is -0.0868. The molecule has 2 nitrogen and oxygen atoms in total. The van der Waals surface area contributed by atoms with Gasteiger partial charge in [0.1, 0.15) is 0 Å². The third kappa shape index (κ3) is 7.64. The summed E-state index contributed by atoms with van der Waals surface area (Å²) in [6.45, 7) is 10.8. The molecule has 0 saturated heterocycles. The van der Waals surface area contributed by atoms with E-state index >= 15 is 0 Å². The molecule has 0 bridgehead atoms. The van der Waals surface area contributed by atoms with Crippen molar-refractivity contribution < 1.29 is 21.5 Å². The number of thiophene rings is 1. The maximum Gasteiger partial charge on any atom is 0 e. The molecule has 43 heavy (non-hydrogen) atoms. The second kappa shape index (κ2) is 13.7. The Morgan fingerprint density at radius 3 is 2.21 bits per heavy atom. The quantitative estimate of drug-likeness (QED) is 0.128. The van der Waals surface area contributed by atoms with E-state index in [1.54, 1.807) is 4.40 Å². The molecule has 223 valence electrons. The Morgan fingerprint density at radius 2 is 1.58 bits per heavy atom. The van der Waals surface area contributed by atoms with Crippen LogP contribution >= 0.6 is 11.3 Å². The van der Waals surface area contributed by atoms with Crippen molar-refractivity contribution >= 4 is 62.4 Å². The first-order chi connectivity index (χ1) is 20.2. The van der Waals surface area contributed by atoms with Crippen LogP contribution in [0, 0.1) is 12.1 Å². The van der Waals surface area contributed by atoms with Crippen molar-refractivity contribution in [2.45, 2.75) is 56.7 Å². The predicted molar refractivity (Wildman–Crippen MR) is 190 cm³/mol. The molecule has 0 unspecified atom stereocenters. The predicted octanol–water partition coefficient (Wildman–Crippen LogP) is 9.68. The molecule has 3 heterocycles. The van der Waals surface area contributed by atoms with Crippen molar-refractivity contribution in [1.82, 2.24) is 9.97 Å². The zero-order chi connectivity index (χ0) is 31.0. The fraction of sp³-hybridized carbons (Fsp3) is 0.243. The molecule has 0 amide bonds. The third-order valence-corrected chi connectivity index (χ3v) is 15.4. The molecule has 0 atom stereocenters. The van der Waals surface area contributed by atoms with E-state index in [0.29, 0.717) is 0 Å². The largest absolute Gasteiger partial charge is 0 e. The summed E-state index contributed by atoms with van der Waals surface area (Å²) in [4.78, 5) is 9.14. The van der Waals surface area contributed by atoms with Crippen LogP contribution in [0.3, 0.4) is 0 Å². The fourth-order valence-corrected chi connectivity index (χ4v) is 12.1. The van der Waals surface area contributed by atoms with Gasteiger partial charge in [-0.25, -0.2) is 0 Å². The number of rotatable bonds is 5. The molecule has 0 saturated carbocycles. The molecule has 6 rings (SSSR count). The molecule has 0 aliphatic heterocycles. The van der Waals surface area contributed by atoms with Crippen LogP contribution in [0.1, 0.15) is 26.7 Å². The molecule has 3 aromatic carbocycles. The molecule has 0 fully saturated rings. The van der Waals surface area contributed by atoms with Gasteiger partial charge < -0.3 is 4.98 Å². The standard InChI is InChI=1S/C23H24GeNS.C14H16NSi.Ir/c1-15(2)16-12-13-25-21(14-16)19-10-6-8-17-18-9-7-11-20(24(3,4)5)23(18)26-22(17)19;1-16(2,3)13-9-10-14(15-11-13)12-7-5-4-6-8-12;/h6-9,11-15H,1-5H3;4-7,9-11H,1-3H3;/q2*-1;/i15D;;. The van der Waals surface area contributed by atoms with Crippen molar-refractivity contribution in [2.24, 2.45) is 0 Å².